The Morgan fingerprint density at radius 3 is 2.80 bits per heavy atom. The Bertz CT molecular complexity index is 246. The van der Waals surface area contributed by atoms with Crippen LogP contribution >= 0.6 is 11.3 Å². The smallest absolute Gasteiger partial charge is 0.0928 e. The van der Waals surface area contributed by atoms with E-state index in [-0.39, 0.29) is 0 Å². The van der Waals surface area contributed by atoms with Crippen LogP contribution in [0.5, 0.6) is 0 Å². The van der Waals surface area contributed by atoms with Crippen molar-refractivity contribution in [2.45, 2.75) is 46.1 Å². The van der Waals surface area contributed by atoms with Gasteiger partial charge in [0.05, 0.1) is 5.01 Å². The van der Waals surface area contributed by atoms with Crippen molar-refractivity contribution in [3.05, 3.63) is 16.6 Å². The molecule has 3 heteroatoms. The van der Waals surface area contributed by atoms with Gasteiger partial charge in [-0.1, -0.05) is 20.3 Å². The second kappa shape index (κ2) is 6.96. The van der Waals surface area contributed by atoms with Gasteiger partial charge in [0.1, 0.15) is 0 Å². The van der Waals surface area contributed by atoms with Crippen LogP contribution in [0.4, 0.5) is 0 Å². The zero-order chi connectivity index (χ0) is 11.1. The molecule has 2 unspecified atom stereocenters. The molecule has 0 saturated heterocycles. The second-order valence-corrected chi connectivity index (χ2v) is 5.02. The monoisotopic (exact) mass is 226 g/mol. The predicted molar refractivity (Wildman–Crippen MR) is 67.4 cm³/mol. The molecule has 0 amide bonds. The number of thiazole rings is 1. The summed E-state index contributed by atoms with van der Waals surface area (Å²) < 4.78 is 0. The van der Waals surface area contributed by atoms with Crippen LogP contribution in [0.25, 0.3) is 0 Å². The molecule has 0 bridgehead atoms. The highest BCUT2D eigenvalue weighted by Crippen LogP contribution is 2.17. The number of aromatic nitrogens is 1. The maximum atomic E-state index is 4.36. The average molecular weight is 226 g/mol. The Kier molecular flexibility index (Phi) is 5.88. The highest BCUT2D eigenvalue weighted by atomic mass is 32.1. The third-order valence-corrected chi connectivity index (χ3v) is 3.67. The van der Waals surface area contributed by atoms with Gasteiger partial charge in [0, 0.05) is 24.0 Å². The van der Waals surface area contributed by atoms with E-state index in [0.29, 0.717) is 12.0 Å². The number of hydrogen-bond acceptors (Lipinski definition) is 3. The van der Waals surface area contributed by atoms with Gasteiger partial charge in [-0.05, 0) is 25.8 Å². The van der Waals surface area contributed by atoms with Crippen molar-refractivity contribution in [3.8, 4) is 0 Å². The number of hydrogen-bond donors (Lipinski definition) is 1. The average Bonchev–Trinajstić information content (AvgIpc) is 2.75. The first-order valence-corrected chi connectivity index (χ1v) is 6.77. The molecule has 15 heavy (non-hydrogen) atoms. The molecule has 86 valence electrons. The molecule has 2 atom stereocenters. The minimum absolute atomic E-state index is 0.596. The molecule has 1 aromatic heterocycles. The van der Waals surface area contributed by atoms with E-state index in [4.69, 9.17) is 0 Å². The molecule has 0 aliphatic carbocycles. The maximum absolute atomic E-state index is 4.36. The summed E-state index contributed by atoms with van der Waals surface area (Å²) in [6.07, 6.45) is 5.44. The van der Waals surface area contributed by atoms with Gasteiger partial charge in [-0.15, -0.1) is 11.3 Å². The molecular formula is C12H22N2S. The fourth-order valence-electron chi connectivity index (χ4n) is 1.79. The quantitative estimate of drug-likeness (QED) is 0.773. The predicted octanol–water partition coefficient (Wildman–Crippen LogP) is 3.10. The van der Waals surface area contributed by atoms with Gasteiger partial charge < -0.3 is 5.32 Å². The fourth-order valence-corrected chi connectivity index (χ4v) is 2.50. The Labute approximate surface area is 97.1 Å². The SMILES string of the molecule is CCCNC(C)C(CC)Cc1nccs1. The normalized spacial score (nSPS) is 15.1. The lowest BCUT2D eigenvalue weighted by atomic mass is 9.95. The molecule has 0 fully saturated rings. The van der Waals surface area contributed by atoms with E-state index in [1.165, 1.54) is 17.8 Å². The van der Waals surface area contributed by atoms with E-state index in [2.05, 4.69) is 36.5 Å². The van der Waals surface area contributed by atoms with Crippen LogP contribution in [-0.2, 0) is 6.42 Å². The summed E-state index contributed by atoms with van der Waals surface area (Å²) in [5, 5.41) is 6.90. The summed E-state index contributed by atoms with van der Waals surface area (Å²) in [5.74, 6) is 0.711. The lowest BCUT2D eigenvalue weighted by Crippen LogP contribution is -2.34. The summed E-state index contributed by atoms with van der Waals surface area (Å²) in [4.78, 5) is 4.36. The first-order chi connectivity index (χ1) is 7.27. The zero-order valence-electron chi connectivity index (χ0n) is 9.99. The third kappa shape index (κ3) is 4.31. The minimum Gasteiger partial charge on any atom is -0.314 e. The lowest BCUT2D eigenvalue weighted by Gasteiger charge is -2.22. The largest absolute Gasteiger partial charge is 0.314 e. The molecule has 0 aliphatic rings. The van der Waals surface area contributed by atoms with E-state index < -0.39 is 0 Å². The highest BCUT2D eigenvalue weighted by Gasteiger charge is 2.16. The van der Waals surface area contributed by atoms with Crippen LogP contribution in [0, 0.1) is 5.92 Å². The maximum Gasteiger partial charge on any atom is 0.0928 e. The van der Waals surface area contributed by atoms with Gasteiger partial charge >= 0.3 is 0 Å². The first kappa shape index (κ1) is 12.7. The summed E-state index contributed by atoms with van der Waals surface area (Å²) >= 11 is 1.77. The molecule has 1 aromatic rings. The Hall–Kier alpha value is -0.410. The van der Waals surface area contributed by atoms with Gasteiger partial charge in [0.25, 0.3) is 0 Å². The molecule has 0 aliphatic heterocycles. The lowest BCUT2D eigenvalue weighted by molar-refractivity contribution is 0.362. The highest BCUT2D eigenvalue weighted by molar-refractivity contribution is 7.09. The van der Waals surface area contributed by atoms with Gasteiger partial charge in [-0.2, -0.15) is 0 Å². The van der Waals surface area contributed by atoms with Crippen LogP contribution in [0.2, 0.25) is 0 Å². The molecular weight excluding hydrogens is 204 g/mol. The molecule has 2 nitrogen and oxygen atoms in total. The standard InChI is InChI=1S/C12H22N2S/c1-4-6-13-10(3)11(5-2)9-12-14-7-8-15-12/h7-8,10-11,13H,4-6,9H2,1-3H3. The van der Waals surface area contributed by atoms with E-state index in [1.54, 1.807) is 11.3 Å². The van der Waals surface area contributed by atoms with Crippen LogP contribution < -0.4 is 5.32 Å². The number of nitrogens with one attached hydrogen (secondary N) is 1. The number of nitrogens with zero attached hydrogens (tertiary/aromatic N) is 1. The van der Waals surface area contributed by atoms with Gasteiger partial charge in [-0.25, -0.2) is 4.98 Å². The van der Waals surface area contributed by atoms with Crippen molar-refractivity contribution in [1.29, 1.82) is 0 Å². The van der Waals surface area contributed by atoms with Crippen LogP contribution in [0.3, 0.4) is 0 Å². The Morgan fingerprint density at radius 2 is 2.27 bits per heavy atom. The fraction of sp³-hybridized carbons (Fsp3) is 0.750. The van der Waals surface area contributed by atoms with Crippen molar-refractivity contribution in [2.75, 3.05) is 6.54 Å². The molecule has 0 radical (unpaired) electrons. The summed E-state index contributed by atoms with van der Waals surface area (Å²) in [7, 11) is 0. The Balaban J connectivity index is 2.40. The number of rotatable bonds is 7. The van der Waals surface area contributed by atoms with Crippen LogP contribution in [0.1, 0.15) is 38.6 Å². The Morgan fingerprint density at radius 1 is 1.47 bits per heavy atom. The second-order valence-electron chi connectivity index (χ2n) is 4.04. The van der Waals surface area contributed by atoms with Crippen LogP contribution in [0.15, 0.2) is 11.6 Å². The van der Waals surface area contributed by atoms with Crippen molar-refractivity contribution in [1.82, 2.24) is 10.3 Å². The third-order valence-electron chi connectivity index (χ3n) is 2.87. The first-order valence-electron chi connectivity index (χ1n) is 5.89. The van der Waals surface area contributed by atoms with Crippen molar-refractivity contribution >= 4 is 11.3 Å². The van der Waals surface area contributed by atoms with Crippen molar-refractivity contribution < 1.29 is 0 Å². The van der Waals surface area contributed by atoms with E-state index >= 15 is 0 Å². The summed E-state index contributed by atoms with van der Waals surface area (Å²) in [5.41, 5.74) is 0. The minimum atomic E-state index is 0.596. The molecule has 0 saturated carbocycles. The molecule has 1 rings (SSSR count). The van der Waals surface area contributed by atoms with E-state index in [9.17, 15) is 0 Å². The topological polar surface area (TPSA) is 24.9 Å². The van der Waals surface area contributed by atoms with E-state index in [1.807, 2.05) is 6.20 Å². The molecule has 1 heterocycles. The van der Waals surface area contributed by atoms with Crippen molar-refractivity contribution in [2.24, 2.45) is 5.92 Å². The van der Waals surface area contributed by atoms with E-state index in [0.717, 1.165) is 13.0 Å². The van der Waals surface area contributed by atoms with Crippen LogP contribution in [-0.4, -0.2) is 17.6 Å². The molecule has 0 spiro atoms. The van der Waals surface area contributed by atoms with Crippen molar-refractivity contribution in [3.63, 3.8) is 0 Å². The summed E-state index contributed by atoms with van der Waals surface area (Å²) in [6.45, 7) is 7.89. The van der Waals surface area contributed by atoms with Gasteiger partial charge in [0.15, 0.2) is 0 Å². The molecule has 1 N–H and O–H groups in total. The van der Waals surface area contributed by atoms with Gasteiger partial charge in [0.2, 0.25) is 0 Å². The zero-order valence-corrected chi connectivity index (χ0v) is 10.8. The molecule has 0 aromatic carbocycles. The summed E-state index contributed by atoms with van der Waals surface area (Å²) in [6, 6.07) is 0.596. The van der Waals surface area contributed by atoms with Gasteiger partial charge in [-0.3, -0.25) is 0 Å².